The van der Waals surface area contributed by atoms with Gasteiger partial charge in [-0.1, -0.05) is 59.2 Å². The Morgan fingerprint density at radius 3 is 2.62 bits per heavy atom. The summed E-state index contributed by atoms with van der Waals surface area (Å²) in [5.41, 5.74) is 1.33. The molecule has 0 bridgehead atoms. The molecule has 2 aromatic carbocycles. The quantitative estimate of drug-likeness (QED) is 0.645. The van der Waals surface area contributed by atoms with Gasteiger partial charge in [-0.3, -0.25) is 0 Å². The molecule has 0 aliphatic heterocycles. The summed E-state index contributed by atoms with van der Waals surface area (Å²) in [6.07, 6.45) is 0.711. The monoisotopic (exact) mass is 340 g/mol. The van der Waals surface area contributed by atoms with Crippen LogP contribution in [0, 0.1) is 0 Å². The number of aromatic nitrogens is 2. The van der Waals surface area contributed by atoms with Crippen LogP contribution in [0.4, 0.5) is 0 Å². The highest BCUT2D eigenvalue weighted by atomic mass is 35.5. The molecular formula is C19H17ClN2O2. The van der Waals surface area contributed by atoms with Gasteiger partial charge in [0.25, 0.3) is 5.89 Å². The van der Waals surface area contributed by atoms with Crippen molar-refractivity contribution < 1.29 is 9.26 Å². The maximum atomic E-state index is 6.12. The van der Waals surface area contributed by atoms with Crippen molar-refractivity contribution in [3.8, 4) is 5.75 Å². The summed E-state index contributed by atoms with van der Waals surface area (Å²) in [6, 6.07) is 17.8. The summed E-state index contributed by atoms with van der Waals surface area (Å²) in [5, 5.41) is 4.71. The highest BCUT2D eigenvalue weighted by molar-refractivity contribution is 6.32. The van der Waals surface area contributed by atoms with E-state index in [1.807, 2.05) is 31.2 Å². The Hall–Kier alpha value is -2.33. The van der Waals surface area contributed by atoms with Crippen LogP contribution in [0.3, 0.4) is 0 Å². The van der Waals surface area contributed by atoms with Crippen LogP contribution in [0.5, 0.6) is 5.75 Å². The van der Waals surface area contributed by atoms with Crippen LogP contribution in [0.2, 0.25) is 5.02 Å². The Morgan fingerprint density at radius 1 is 1.08 bits per heavy atom. The number of para-hydroxylation sites is 1. The van der Waals surface area contributed by atoms with E-state index in [0.29, 0.717) is 28.5 Å². The van der Waals surface area contributed by atoms with E-state index in [0.717, 1.165) is 12.2 Å². The lowest BCUT2D eigenvalue weighted by atomic mass is 10.1. The molecule has 1 saturated carbocycles. The molecule has 3 atom stereocenters. The maximum absolute atomic E-state index is 6.12. The molecule has 5 heteroatoms. The van der Waals surface area contributed by atoms with Gasteiger partial charge in [0.15, 0.2) is 11.9 Å². The van der Waals surface area contributed by atoms with Crippen LogP contribution < -0.4 is 4.74 Å². The zero-order valence-corrected chi connectivity index (χ0v) is 14.0. The molecular weight excluding hydrogens is 324 g/mol. The van der Waals surface area contributed by atoms with E-state index < -0.39 is 0 Å². The molecule has 0 radical (unpaired) electrons. The smallest absolute Gasteiger partial charge is 0.267 e. The second kappa shape index (κ2) is 6.29. The lowest BCUT2D eigenvalue weighted by Gasteiger charge is -2.11. The summed E-state index contributed by atoms with van der Waals surface area (Å²) in [5.74, 6) is 2.66. The van der Waals surface area contributed by atoms with Crippen molar-refractivity contribution in [1.29, 1.82) is 0 Å². The Balaban J connectivity index is 1.45. The Labute approximate surface area is 145 Å². The summed E-state index contributed by atoms with van der Waals surface area (Å²) in [7, 11) is 0. The molecule has 1 heterocycles. The first-order valence-electron chi connectivity index (χ1n) is 8.02. The molecule has 122 valence electrons. The summed E-state index contributed by atoms with van der Waals surface area (Å²) >= 11 is 6.12. The lowest BCUT2D eigenvalue weighted by Crippen LogP contribution is -2.04. The fourth-order valence-corrected chi connectivity index (χ4v) is 3.07. The molecule has 4 nitrogen and oxygen atoms in total. The van der Waals surface area contributed by atoms with Gasteiger partial charge in [0, 0.05) is 5.92 Å². The van der Waals surface area contributed by atoms with Gasteiger partial charge in [0.05, 0.1) is 5.02 Å². The van der Waals surface area contributed by atoms with Gasteiger partial charge in [0.2, 0.25) is 0 Å². The number of ether oxygens (including phenoxy) is 1. The largest absolute Gasteiger partial charge is 0.479 e. The fraction of sp³-hybridized carbons (Fsp3) is 0.263. The predicted molar refractivity (Wildman–Crippen MR) is 91.3 cm³/mol. The van der Waals surface area contributed by atoms with Crippen LogP contribution in [-0.4, -0.2) is 10.1 Å². The van der Waals surface area contributed by atoms with Crippen LogP contribution in [-0.2, 0) is 0 Å². The van der Waals surface area contributed by atoms with Crippen molar-refractivity contribution in [3.05, 3.63) is 76.9 Å². The van der Waals surface area contributed by atoms with E-state index >= 15 is 0 Å². The Morgan fingerprint density at radius 2 is 1.83 bits per heavy atom. The molecule has 1 aliphatic carbocycles. The van der Waals surface area contributed by atoms with Gasteiger partial charge in [0.1, 0.15) is 5.75 Å². The lowest BCUT2D eigenvalue weighted by molar-refractivity contribution is 0.176. The first-order valence-corrected chi connectivity index (χ1v) is 8.40. The Kier molecular flexibility index (Phi) is 3.98. The van der Waals surface area contributed by atoms with Crippen LogP contribution in [0.15, 0.2) is 59.1 Å². The fourth-order valence-electron chi connectivity index (χ4n) is 2.89. The van der Waals surface area contributed by atoms with Gasteiger partial charge in [-0.2, -0.15) is 4.98 Å². The van der Waals surface area contributed by atoms with Crippen LogP contribution in [0.1, 0.15) is 48.6 Å². The molecule has 1 aromatic heterocycles. The van der Waals surface area contributed by atoms with E-state index in [2.05, 4.69) is 34.4 Å². The first kappa shape index (κ1) is 15.2. The van der Waals surface area contributed by atoms with Crippen molar-refractivity contribution in [1.82, 2.24) is 10.1 Å². The molecule has 1 aliphatic rings. The zero-order chi connectivity index (χ0) is 16.5. The summed E-state index contributed by atoms with van der Waals surface area (Å²) in [6.45, 7) is 1.88. The van der Waals surface area contributed by atoms with Crippen molar-refractivity contribution in [3.63, 3.8) is 0 Å². The van der Waals surface area contributed by atoms with Gasteiger partial charge >= 0.3 is 0 Å². The second-order valence-corrected chi connectivity index (χ2v) is 6.45. The first-order chi connectivity index (χ1) is 11.7. The van der Waals surface area contributed by atoms with E-state index in [1.165, 1.54) is 5.56 Å². The number of hydrogen-bond donors (Lipinski definition) is 0. The van der Waals surface area contributed by atoms with E-state index in [9.17, 15) is 0 Å². The normalized spacial score (nSPS) is 20.6. The standard InChI is InChI=1S/C19H17ClN2O2/c1-12(23-17-10-6-5-9-16(17)20)19-21-18(22-24-19)15-11-14(15)13-7-3-2-4-8-13/h2-10,12,14-15H,11H2,1H3/t12?,14-,15+/m0/s1. The van der Waals surface area contributed by atoms with Crippen LogP contribution >= 0.6 is 11.6 Å². The molecule has 0 spiro atoms. The minimum atomic E-state index is -0.347. The zero-order valence-electron chi connectivity index (χ0n) is 13.2. The maximum Gasteiger partial charge on any atom is 0.267 e. The number of benzene rings is 2. The van der Waals surface area contributed by atoms with Gasteiger partial charge in [-0.15, -0.1) is 0 Å². The molecule has 1 fully saturated rings. The molecule has 0 saturated heterocycles. The highest BCUT2D eigenvalue weighted by Crippen LogP contribution is 2.53. The predicted octanol–water partition coefficient (Wildman–Crippen LogP) is 5.13. The van der Waals surface area contributed by atoms with Crippen molar-refractivity contribution in [2.45, 2.75) is 31.3 Å². The minimum absolute atomic E-state index is 0.331. The third-order valence-corrected chi connectivity index (χ3v) is 4.61. The molecule has 4 rings (SSSR count). The van der Waals surface area contributed by atoms with Gasteiger partial charge < -0.3 is 9.26 Å². The van der Waals surface area contributed by atoms with Crippen molar-refractivity contribution in [2.75, 3.05) is 0 Å². The number of rotatable bonds is 5. The number of hydrogen-bond acceptors (Lipinski definition) is 4. The molecule has 0 N–H and O–H groups in total. The average molecular weight is 341 g/mol. The summed E-state index contributed by atoms with van der Waals surface area (Å²) in [4.78, 5) is 4.53. The van der Waals surface area contributed by atoms with E-state index in [-0.39, 0.29) is 6.10 Å². The highest BCUT2D eigenvalue weighted by Gasteiger charge is 2.43. The van der Waals surface area contributed by atoms with Crippen LogP contribution in [0.25, 0.3) is 0 Å². The third kappa shape index (κ3) is 3.02. The van der Waals surface area contributed by atoms with Crippen molar-refractivity contribution in [2.24, 2.45) is 0 Å². The molecule has 0 amide bonds. The van der Waals surface area contributed by atoms with E-state index in [4.69, 9.17) is 20.9 Å². The topological polar surface area (TPSA) is 48.2 Å². The minimum Gasteiger partial charge on any atom is -0.479 e. The van der Waals surface area contributed by atoms with Crippen molar-refractivity contribution >= 4 is 11.6 Å². The Bertz CT molecular complexity index is 834. The molecule has 24 heavy (non-hydrogen) atoms. The average Bonchev–Trinajstić information content (AvgIpc) is 3.26. The van der Waals surface area contributed by atoms with E-state index in [1.54, 1.807) is 6.07 Å². The SMILES string of the molecule is CC(Oc1ccccc1Cl)c1nc([C@@H]2C[C@H]2c2ccccc2)no1. The molecule has 1 unspecified atom stereocenters. The number of halogens is 1. The van der Waals surface area contributed by atoms with Gasteiger partial charge in [-0.25, -0.2) is 0 Å². The van der Waals surface area contributed by atoms with Gasteiger partial charge in [-0.05, 0) is 37.0 Å². The summed E-state index contributed by atoms with van der Waals surface area (Å²) < 4.78 is 11.2. The second-order valence-electron chi connectivity index (χ2n) is 6.04. The molecule has 3 aromatic rings. The third-order valence-electron chi connectivity index (χ3n) is 4.30. The number of nitrogens with zero attached hydrogens (tertiary/aromatic N) is 2.